The highest BCUT2D eigenvalue weighted by Gasteiger charge is 2.45. The lowest BCUT2D eigenvalue weighted by Gasteiger charge is -2.36. The van der Waals surface area contributed by atoms with Crippen molar-refractivity contribution in [2.45, 2.75) is 37.3 Å². The molecule has 2 N–H and O–H groups in total. The maximum atomic E-state index is 12.6. The minimum absolute atomic E-state index is 0. The number of amides is 1. The fraction of sp³-hybridized carbons (Fsp3) is 0.611. The Morgan fingerprint density at radius 3 is 2.44 bits per heavy atom. The van der Waals surface area contributed by atoms with E-state index in [1.165, 1.54) is 13.1 Å². The zero-order valence-corrected chi connectivity index (χ0v) is 19.3. The van der Waals surface area contributed by atoms with Crippen molar-refractivity contribution >= 4 is 15.9 Å². The summed E-state index contributed by atoms with van der Waals surface area (Å²) in [7, 11) is -0.295. The van der Waals surface area contributed by atoms with Crippen LogP contribution < -0.4 is 29.3 Å². The van der Waals surface area contributed by atoms with Crippen LogP contribution in [0.2, 0.25) is 0 Å². The number of aliphatic hydroxyl groups excluding tert-OH is 1. The van der Waals surface area contributed by atoms with E-state index < -0.39 is 28.1 Å². The lowest BCUT2D eigenvalue weighted by Crippen LogP contribution is -3.00. The number of rotatable bonds is 7. The van der Waals surface area contributed by atoms with E-state index >= 15 is 0 Å². The predicted octanol–water partition coefficient (Wildman–Crippen LogP) is -2.28. The number of nitrogens with one attached hydrogen (secondary N) is 1. The number of quaternary nitrogens is 1. The number of fused-ring (bicyclic) bond motifs is 1. The minimum Gasteiger partial charge on any atom is -1.00 e. The summed E-state index contributed by atoms with van der Waals surface area (Å²) in [4.78, 5) is 12.7. The van der Waals surface area contributed by atoms with Crippen LogP contribution in [-0.2, 0) is 14.8 Å². The van der Waals surface area contributed by atoms with Gasteiger partial charge >= 0.3 is 0 Å². The zero-order chi connectivity index (χ0) is 19.5. The molecule has 0 radical (unpaired) electrons. The SMILES string of the molecule is CC[N+](C)(CC)CCCNC(=O)C1C(O)c2ccccc2S(=O)(=O)N1C.[I-]. The molecule has 0 saturated heterocycles. The average molecular weight is 511 g/mol. The van der Waals surface area contributed by atoms with Crippen LogP contribution in [0.15, 0.2) is 29.2 Å². The van der Waals surface area contributed by atoms with E-state index in [1.54, 1.807) is 18.2 Å². The van der Waals surface area contributed by atoms with Crippen molar-refractivity contribution < 1.29 is 46.8 Å². The number of benzene rings is 1. The third kappa shape index (κ3) is 5.00. The monoisotopic (exact) mass is 511 g/mol. The molecule has 0 bridgehead atoms. The van der Waals surface area contributed by atoms with Crippen molar-refractivity contribution in [1.82, 2.24) is 9.62 Å². The van der Waals surface area contributed by atoms with Crippen LogP contribution in [0.5, 0.6) is 0 Å². The van der Waals surface area contributed by atoms with E-state index in [0.29, 0.717) is 6.54 Å². The average Bonchev–Trinajstić information content (AvgIpc) is 2.64. The third-order valence-electron chi connectivity index (χ3n) is 5.55. The van der Waals surface area contributed by atoms with Gasteiger partial charge in [0.2, 0.25) is 15.9 Å². The second kappa shape index (κ2) is 9.64. The summed E-state index contributed by atoms with van der Waals surface area (Å²) in [5, 5.41) is 13.4. The molecule has 1 aliphatic rings. The first-order valence-corrected chi connectivity index (χ1v) is 10.5. The van der Waals surface area contributed by atoms with E-state index in [1.807, 2.05) is 0 Å². The highest BCUT2D eigenvalue weighted by Crippen LogP contribution is 2.35. The van der Waals surface area contributed by atoms with Crippen molar-refractivity contribution in [2.24, 2.45) is 0 Å². The molecule has 2 atom stereocenters. The topological polar surface area (TPSA) is 86.7 Å². The van der Waals surface area contributed by atoms with Gasteiger partial charge in [-0.2, -0.15) is 4.31 Å². The lowest BCUT2D eigenvalue weighted by molar-refractivity contribution is -0.906. The summed E-state index contributed by atoms with van der Waals surface area (Å²) < 4.78 is 27.2. The number of carbonyl (C=O) groups is 1. The Morgan fingerprint density at radius 2 is 1.85 bits per heavy atom. The molecule has 2 unspecified atom stereocenters. The Kier molecular flexibility index (Phi) is 8.67. The van der Waals surface area contributed by atoms with Gasteiger partial charge in [0.1, 0.15) is 12.1 Å². The van der Waals surface area contributed by atoms with Crippen LogP contribution in [0.1, 0.15) is 31.9 Å². The molecule has 1 aromatic rings. The molecule has 154 valence electrons. The number of likely N-dealkylation sites (N-methyl/N-ethyl adjacent to an activating group) is 1. The van der Waals surface area contributed by atoms with Gasteiger partial charge in [0.15, 0.2) is 0 Å². The van der Waals surface area contributed by atoms with Gasteiger partial charge in [-0.15, -0.1) is 0 Å². The Bertz CT molecular complexity index is 753. The molecule has 1 amide bonds. The Hall–Kier alpha value is -0.750. The molecular weight excluding hydrogens is 481 g/mol. The number of halogens is 1. The Morgan fingerprint density at radius 1 is 1.26 bits per heavy atom. The van der Waals surface area contributed by atoms with Gasteiger partial charge < -0.3 is 38.9 Å². The molecule has 0 aliphatic carbocycles. The summed E-state index contributed by atoms with van der Waals surface area (Å²) in [6.07, 6.45) is -0.396. The second-order valence-electron chi connectivity index (χ2n) is 7.07. The molecule has 1 aliphatic heterocycles. The zero-order valence-electron chi connectivity index (χ0n) is 16.4. The fourth-order valence-corrected chi connectivity index (χ4v) is 4.82. The van der Waals surface area contributed by atoms with E-state index in [-0.39, 0.29) is 34.4 Å². The van der Waals surface area contributed by atoms with Gasteiger partial charge in [0.25, 0.3) is 0 Å². The van der Waals surface area contributed by atoms with Crippen LogP contribution in [0.25, 0.3) is 0 Å². The largest absolute Gasteiger partial charge is 1.00 e. The maximum Gasteiger partial charge on any atom is 0.244 e. The number of hydrogen-bond donors (Lipinski definition) is 2. The van der Waals surface area contributed by atoms with Crippen LogP contribution in [-0.4, -0.2) is 74.5 Å². The molecule has 1 heterocycles. The van der Waals surface area contributed by atoms with E-state index in [0.717, 1.165) is 34.8 Å². The van der Waals surface area contributed by atoms with Crippen molar-refractivity contribution in [3.8, 4) is 0 Å². The standard InChI is InChI=1S/C18H29N3O4S.HI/c1-5-21(4,6-2)13-9-12-19-18(23)16-17(22)14-10-7-8-11-15(14)26(24,25)20(16)3;/h7-8,10-11,16-17,22H,5-6,9,12-13H2,1-4H3;1H. The van der Waals surface area contributed by atoms with E-state index in [4.69, 9.17) is 0 Å². The van der Waals surface area contributed by atoms with Crippen LogP contribution >= 0.6 is 0 Å². The molecule has 1 aromatic carbocycles. The number of hydrogen-bond acceptors (Lipinski definition) is 4. The summed E-state index contributed by atoms with van der Waals surface area (Å²) in [5.41, 5.74) is 0.270. The van der Waals surface area contributed by atoms with Gasteiger partial charge in [0, 0.05) is 25.6 Å². The van der Waals surface area contributed by atoms with Gasteiger partial charge in [-0.1, -0.05) is 18.2 Å². The van der Waals surface area contributed by atoms with Gasteiger partial charge in [-0.05, 0) is 19.9 Å². The van der Waals surface area contributed by atoms with Crippen molar-refractivity contribution in [3.63, 3.8) is 0 Å². The molecule has 0 aromatic heterocycles. The third-order valence-corrected chi connectivity index (χ3v) is 7.47. The Balaban J connectivity index is 0.00000364. The van der Waals surface area contributed by atoms with Crippen LogP contribution in [0, 0.1) is 0 Å². The van der Waals surface area contributed by atoms with Gasteiger partial charge in [0.05, 0.1) is 31.6 Å². The summed E-state index contributed by atoms with van der Waals surface area (Å²) in [6.45, 7) is 7.69. The predicted molar refractivity (Wildman–Crippen MR) is 99.9 cm³/mol. The fourth-order valence-electron chi connectivity index (χ4n) is 3.26. The van der Waals surface area contributed by atoms with Crippen molar-refractivity contribution in [1.29, 1.82) is 0 Å². The molecule has 9 heteroatoms. The molecule has 27 heavy (non-hydrogen) atoms. The second-order valence-corrected chi connectivity index (χ2v) is 9.03. The number of aliphatic hydroxyl groups is 1. The summed E-state index contributed by atoms with van der Waals surface area (Å²) >= 11 is 0. The van der Waals surface area contributed by atoms with Gasteiger partial charge in [-0.25, -0.2) is 8.42 Å². The quantitative estimate of drug-likeness (QED) is 0.246. The van der Waals surface area contributed by atoms with Crippen molar-refractivity contribution in [3.05, 3.63) is 29.8 Å². The lowest BCUT2D eigenvalue weighted by atomic mass is 10.0. The summed E-state index contributed by atoms with van der Waals surface area (Å²) in [6, 6.07) is 5.11. The van der Waals surface area contributed by atoms with Gasteiger partial charge in [-0.3, -0.25) is 4.79 Å². The number of carbonyl (C=O) groups excluding carboxylic acids is 1. The molecule has 2 rings (SSSR count). The molecule has 0 saturated carbocycles. The molecule has 7 nitrogen and oxygen atoms in total. The number of sulfonamides is 1. The first kappa shape index (κ1) is 24.3. The maximum absolute atomic E-state index is 12.6. The summed E-state index contributed by atoms with van der Waals surface area (Å²) in [5.74, 6) is -0.472. The van der Waals surface area contributed by atoms with Crippen molar-refractivity contribution in [2.75, 3.05) is 40.3 Å². The number of nitrogens with zero attached hydrogens (tertiary/aromatic N) is 2. The Labute approximate surface area is 179 Å². The first-order valence-electron chi connectivity index (χ1n) is 9.04. The first-order chi connectivity index (χ1) is 12.2. The normalized spacial score (nSPS) is 21.8. The highest BCUT2D eigenvalue weighted by molar-refractivity contribution is 7.89. The van der Waals surface area contributed by atoms with Crippen LogP contribution in [0.3, 0.4) is 0 Å². The molecular formula is C18H30IN3O4S. The van der Waals surface area contributed by atoms with E-state index in [2.05, 4.69) is 26.2 Å². The van der Waals surface area contributed by atoms with E-state index in [9.17, 15) is 18.3 Å². The minimum atomic E-state index is -3.80. The smallest absolute Gasteiger partial charge is 0.244 e. The molecule has 0 spiro atoms. The highest BCUT2D eigenvalue weighted by atomic mass is 127. The molecule has 0 fully saturated rings. The van der Waals surface area contributed by atoms with Crippen LogP contribution in [0.4, 0.5) is 0 Å².